The van der Waals surface area contributed by atoms with Gasteiger partial charge in [-0.25, -0.2) is 0 Å². The molecule has 0 saturated carbocycles. The monoisotopic (exact) mass is 296 g/mol. The average Bonchev–Trinajstić information content (AvgIpc) is 2.51. The predicted octanol–water partition coefficient (Wildman–Crippen LogP) is 3.07. The molecule has 3 rings (SSSR count). The summed E-state index contributed by atoms with van der Waals surface area (Å²) in [6.07, 6.45) is 0. The summed E-state index contributed by atoms with van der Waals surface area (Å²) in [5, 5.41) is 19.5. The Morgan fingerprint density at radius 3 is 2.36 bits per heavy atom. The number of rotatable bonds is 2. The first kappa shape index (κ1) is 13.9. The van der Waals surface area contributed by atoms with Crippen LogP contribution >= 0.6 is 0 Å². The second-order valence-electron chi connectivity index (χ2n) is 4.92. The highest BCUT2D eigenvalue weighted by Crippen LogP contribution is 2.34. The first-order valence-electron chi connectivity index (χ1n) is 6.57. The molecule has 1 heterocycles. The highest BCUT2D eigenvalue weighted by Gasteiger charge is 2.13. The molecule has 110 valence electrons. The summed E-state index contributed by atoms with van der Waals surface area (Å²) in [6, 6.07) is 10.5. The number of hydrogen-bond donors (Lipinski definition) is 2. The van der Waals surface area contributed by atoms with E-state index in [0.29, 0.717) is 11.1 Å². The number of carbonyl (C=O) groups excluding carboxylic acids is 1. The van der Waals surface area contributed by atoms with Crippen LogP contribution < -0.4 is 5.43 Å². The Hall–Kier alpha value is -3.08. The van der Waals surface area contributed by atoms with Gasteiger partial charge in [-0.1, -0.05) is 24.3 Å². The molecule has 2 N–H and O–H groups in total. The van der Waals surface area contributed by atoms with E-state index in [2.05, 4.69) is 0 Å². The van der Waals surface area contributed by atoms with E-state index in [1.54, 1.807) is 24.3 Å². The lowest BCUT2D eigenvalue weighted by atomic mass is 10.1. The predicted molar refractivity (Wildman–Crippen MR) is 81.3 cm³/mol. The minimum Gasteiger partial charge on any atom is -0.504 e. The molecule has 22 heavy (non-hydrogen) atoms. The number of Topliss-reactive ketones (excluding diaryl/α,β-unsaturated/α-hetero) is 1. The van der Waals surface area contributed by atoms with Crippen molar-refractivity contribution in [2.24, 2.45) is 0 Å². The smallest absolute Gasteiger partial charge is 0.201 e. The van der Waals surface area contributed by atoms with Gasteiger partial charge in [0.05, 0.1) is 5.39 Å². The van der Waals surface area contributed by atoms with Gasteiger partial charge in [-0.05, 0) is 19.1 Å². The van der Waals surface area contributed by atoms with Crippen molar-refractivity contribution in [1.82, 2.24) is 0 Å². The molecule has 0 bridgehead atoms. The molecule has 0 aliphatic carbocycles. The third-order valence-electron chi connectivity index (χ3n) is 3.43. The number of ketones is 1. The second kappa shape index (κ2) is 5.04. The first-order chi connectivity index (χ1) is 10.5. The molecule has 0 radical (unpaired) electrons. The first-order valence-corrected chi connectivity index (χ1v) is 6.57. The Morgan fingerprint density at radius 2 is 1.73 bits per heavy atom. The normalized spacial score (nSPS) is 10.8. The van der Waals surface area contributed by atoms with E-state index in [0.717, 1.165) is 0 Å². The van der Waals surface area contributed by atoms with E-state index in [1.807, 2.05) is 0 Å². The van der Waals surface area contributed by atoms with Crippen molar-refractivity contribution in [2.75, 3.05) is 0 Å². The summed E-state index contributed by atoms with van der Waals surface area (Å²) in [5.74, 6) is -0.654. The fourth-order valence-corrected chi connectivity index (χ4v) is 2.21. The molecule has 5 nitrogen and oxygen atoms in total. The third kappa shape index (κ3) is 2.22. The van der Waals surface area contributed by atoms with Crippen molar-refractivity contribution >= 4 is 16.8 Å². The van der Waals surface area contributed by atoms with Crippen LogP contribution in [-0.4, -0.2) is 16.0 Å². The van der Waals surface area contributed by atoms with Crippen LogP contribution in [0.1, 0.15) is 17.3 Å². The molecule has 0 unspecified atom stereocenters. The van der Waals surface area contributed by atoms with E-state index in [9.17, 15) is 19.8 Å². The summed E-state index contributed by atoms with van der Waals surface area (Å²) >= 11 is 0. The minimum absolute atomic E-state index is 0.0610. The van der Waals surface area contributed by atoms with Gasteiger partial charge in [0, 0.05) is 17.2 Å². The van der Waals surface area contributed by atoms with Crippen LogP contribution in [0.3, 0.4) is 0 Å². The van der Waals surface area contributed by atoms with Crippen LogP contribution in [0.4, 0.5) is 0 Å². The Labute approximate surface area is 125 Å². The highest BCUT2D eigenvalue weighted by molar-refractivity contribution is 5.94. The quantitative estimate of drug-likeness (QED) is 0.560. The van der Waals surface area contributed by atoms with Gasteiger partial charge in [0.25, 0.3) is 0 Å². The van der Waals surface area contributed by atoms with Crippen molar-refractivity contribution in [3.8, 4) is 22.8 Å². The van der Waals surface area contributed by atoms with E-state index in [-0.39, 0.29) is 33.7 Å². The van der Waals surface area contributed by atoms with E-state index >= 15 is 0 Å². The van der Waals surface area contributed by atoms with Gasteiger partial charge in [-0.15, -0.1) is 0 Å². The van der Waals surface area contributed by atoms with Crippen molar-refractivity contribution in [3.05, 3.63) is 58.3 Å². The maximum absolute atomic E-state index is 12.1. The molecule has 1 aromatic heterocycles. The fourth-order valence-electron chi connectivity index (χ4n) is 2.21. The average molecular weight is 296 g/mol. The number of aromatic hydroxyl groups is 2. The van der Waals surface area contributed by atoms with Crippen molar-refractivity contribution < 1.29 is 19.4 Å². The Balaban J connectivity index is 2.21. The molecular formula is C17H12O5. The summed E-state index contributed by atoms with van der Waals surface area (Å²) in [5.41, 5.74) is 0.736. The van der Waals surface area contributed by atoms with Crippen molar-refractivity contribution in [1.29, 1.82) is 0 Å². The maximum Gasteiger partial charge on any atom is 0.201 e. The van der Waals surface area contributed by atoms with Crippen LogP contribution in [-0.2, 0) is 0 Å². The van der Waals surface area contributed by atoms with Crippen LogP contribution in [0.25, 0.3) is 22.3 Å². The molecule has 0 aliphatic heterocycles. The van der Waals surface area contributed by atoms with Crippen molar-refractivity contribution in [2.45, 2.75) is 6.92 Å². The van der Waals surface area contributed by atoms with Gasteiger partial charge in [0.15, 0.2) is 22.5 Å². The zero-order chi connectivity index (χ0) is 15.9. The molecule has 2 aromatic carbocycles. The molecule has 3 aromatic rings. The molecule has 0 aliphatic rings. The molecular weight excluding hydrogens is 284 g/mol. The van der Waals surface area contributed by atoms with Crippen LogP contribution in [0.15, 0.2) is 51.7 Å². The number of fused-ring (bicyclic) bond motifs is 1. The van der Waals surface area contributed by atoms with Crippen molar-refractivity contribution in [3.63, 3.8) is 0 Å². The summed E-state index contributed by atoms with van der Waals surface area (Å²) in [4.78, 5) is 23.4. The maximum atomic E-state index is 12.1. The fraction of sp³-hybridized carbons (Fsp3) is 0.0588. The van der Waals surface area contributed by atoms with Gasteiger partial charge < -0.3 is 14.6 Å². The minimum atomic E-state index is -0.475. The highest BCUT2D eigenvalue weighted by atomic mass is 16.4. The second-order valence-corrected chi connectivity index (χ2v) is 4.92. The number of benzene rings is 2. The Kier molecular flexibility index (Phi) is 3.18. The largest absolute Gasteiger partial charge is 0.504 e. The topological polar surface area (TPSA) is 87.7 Å². The molecule has 0 fully saturated rings. The Morgan fingerprint density at radius 1 is 1.05 bits per heavy atom. The van der Waals surface area contributed by atoms with E-state index in [1.165, 1.54) is 25.1 Å². The van der Waals surface area contributed by atoms with Crippen LogP contribution in [0.2, 0.25) is 0 Å². The number of phenolic OH excluding ortho intramolecular Hbond substituents is 2. The molecule has 5 heteroatoms. The lowest BCUT2D eigenvalue weighted by molar-refractivity contribution is 0.101. The summed E-state index contributed by atoms with van der Waals surface area (Å²) in [6.45, 7) is 1.46. The zero-order valence-corrected chi connectivity index (χ0v) is 11.7. The van der Waals surface area contributed by atoms with Gasteiger partial charge in [0.2, 0.25) is 5.75 Å². The van der Waals surface area contributed by atoms with Crippen LogP contribution in [0.5, 0.6) is 11.5 Å². The Bertz CT molecular complexity index is 936. The SMILES string of the molecule is CC(=O)c1ccc(-c2cc(=O)c3ccc(O)c(O)c3o2)cc1. The molecule has 0 amide bonds. The summed E-state index contributed by atoms with van der Waals surface area (Å²) in [7, 11) is 0. The van der Waals surface area contributed by atoms with Gasteiger partial charge in [-0.3, -0.25) is 9.59 Å². The van der Waals surface area contributed by atoms with Crippen LogP contribution in [0, 0.1) is 0 Å². The summed E-state index contributed by atoms with van der Waals surface area (Å²) < 4.78 is 5.55. The third-order valence-corrected chi connectivity index (χ3v) is 3.43. The molecule has 0 spiro atoms. The molecule has 0 saturated heterocycles. The number of carbonyl (C=O) groups is 1. The lowest BCUT2D eigenvalue weighted by Gasteiger charge is -2.06. The number of phenols is 2. The standard InChI is InChI=1S/C17H12O5/c1-9(18)10-2-4-11(5-3-10)15-8-14(20)12-6-7-13(19)16(21)17(12)22-15/h2-8,19,21H,1H3. The number of hydrogen-bond acceptors (Lipinski definition) is 5. The van der Waals surface area contributed by atoms with Gasteiger partial charge in [-0.2, -0.15) is 0 Å². The van der Waals surface area contributed by atoms with E-state index < -0.39 is 5.75 Å². The zero-order valence-electron chi connectivity index (χ0n) is 11.7. The molecule has 0 atom stereocenters. The van der Waals surface area contributed by atoms with Gasteiger partial charge >= 0.3 is 0 Å². The van der Waals surface area contributed by atoms with Gasteiger partial charge in [0.1, 0.15) is 5.76 Å². The lowest BCUT2D eigenvalue weighted by Crippen LogP contribution is -2.00. The van der Waals surface area contributed by atoms with E-state index in [4.69, 9.17) is 4.42 Å².